The van der Waals surface area contributed by atoms with Crippen LogP contribution in [0.25, 0.3) is 0 Å². The van der Waals surface area contributed by atoms with Crippen molar-refractivity contribution < 1.29 is 14.3 Å². The van der Waals surface area contributed by atoms with E-state index in [-0.39, 0.29) is 17.3 Å². The van der Waals surface area contributed by atoms with Crippen LogP contribution in [0, 0.1) is 0 Å². The SMILES string of the molecule is CCC1SC2=NC(C)=C(C(=O)OC(C)C)C(c3ccccc3)N2C1=O. The van der Waals surface area contributed by atoms with E-state index in [9.17, 15) is 9.59 Å². The number of thioether (sulfide) groups is 1. The second-order valence-corrected chi connectivity index (χ2v) is 7.55. The van der Waals surface area contributed by atoms with Crippen molar-refractivity contribution in [1.82, 2.24) is 4.90 Å². The molecule has 1 amide bonds. The molecular formula is C19H22N2O3S. The number of allylic oxidation sites excluding steroid dienone is 1. The van der Waals surface area contributed by atoms with Crippen molar-refractivity contribution in [2.24, 2.45) is 4.99 Å². The number of amidine groups is 1. The molecule has 2 aliphatic rings. The van der Waals surface area contributed by atoms with Gasteiger partial charge in [-0.2, -0.15) is 0 Å². The molecule has 132 valence electrons. The Kier molecular flexibility index (Phi) is 4.99. The number of carbonyl (C=O) groups excluding carboxylic acids is 2. The summed E-state index contributed by atoms with van der Waals surface area (Å²) >= 11 is 1.47. The molecule has 0 aromatic heterocycles. The lowest BCUT2D eigenvalue weighted by Crippen LogP contribution is -2.41. The molecule has 0 spiro atoms. The highest BCUT2D eigenvalue weighted by Crippen LogP contribution is 2.43. The van der Waals surface area contributed by atoms with Gasteiger partial charge in [0.15, 0.2) is 5.17 Å². The Morgan fingerprint density at radius 1 is 1.32 bits per heavy atom. The van der Waals surface area contributed by atoms with Crippen LogP contribution in [0.15, 0.2) is 46.6 Å². The van der Waals surface area contributed by atoms with E-state index in [4.69, 9.17) is 4.74 Å². The summed E-state index contributed by atoms with van der Waals surface area (Å²) in [6.45, 7) is 7.42. The van der Waals surface area contributed by atoms with Gasteiger partial charge in [0.25, 0.3) is 0 Å². The number of nitrogens with zero attached hydrogens (tertiary/aromatic N) is 2. The molecule has 2 heterocycles. The largest absolute Gasteiger partial charge is 0.459 e. The van der Waals surface area contributed by atoms with Crippen LogP contribution in [0.3, 0.4) is 0 Å². The minimum atomic E-state index is -0.489. The van der Waals surface area contributed by atoms with Crippen molar-refractivity contribution in [3.8, 4) is 0 Å². The lowest BCUT2D eigenvalue weighted by molar-refractivity contribution is -0.143. The maximum Gasteiger partial charge on any atom is 0.338 e. The quantitative estimate of drug-likeness (QED) is 0.771. The first-order valence-electron chi connectivity index (χ1n) is 8.49. The number of hydrogen-bond donors (Lipinski definition) is 0. The van der Waals surface area contributed by atoms with Crippen LogP contribution in [0.5, 0.6) is 0 Å². The average molecular weight is 358 g/mol. The van der Waals surface area contributed by atoms with Gasteiger partial charge in [-0.3, -0.25) is 9.69 Å². The molecular weight excluding hydrogens is 336 g/mol. The van der Waals surface area contributed by atoms with Gasteiger partial charge in [0, 0.05) is 0 Å². The van der Waals surface area contributed by atoms with Gasteiger partial charge >= 0.3 is 5.97 Å². The first-order valence-corrected chi connectivity index (χ1v) is 9.37. The number of hydrogen-bond acceptors (Lipinski definition) is 5. The first kappa shape index (κ1) is 17.7. The van der Waals surface area contributed by atoms with Crippen molar-refractivity contribution in [3.63, 3.8) is 0 Å². The highest BCUT2D eigenvalue weighted by molar-refractivity contribution is 8.15. The summed E-state index contributed by atoms with van der Waals surface area (Å²) in [6.07, 6.45) is 0.493. The Bertz CT molecular complexity index is 755. The summed E-state index contributed by atoms with van der Waals surface area (Å²) in [5.41, 5.74) is 1.94. The fourth-order valence-corrected chi connectivity index (χ4v) is 4.21. The molecule has 0 radical (unpaired) electrons. The molecule has 1 aromatic rings. The predicted molar refractivity (Wildman–Crippen MR) is 99.1 cm³/mol. The summed E-state index contributed by atoms with van der Waals surface area (Å²) in [5.74, 6) is -0.413. The number of ether oxygens (including phenoxy) is 1. The first-order chi connectivity index (χ1) is 11.9. The van der Waals surface area contributed by atoms with Crippen molar-refractivity contribution in [2.75, 3.05) is 0 Å². The van der Waals surface area contributed by atoms with Gasteiger partial charge in [-0.1, -0.05) is 49.0 Å². The fraction of sp³-hybridized carbons (Fsp3) is 0.421. The Balaban J connectivity index is 2.11. The summed E-state index contributed by atoms with van der Waals surface area (Å²) in [7, 11) is 0. The molecule has 2 aliphatic heterocycles. The normalized spacial score (nSPS) is 23.0. The Morgan fingerprint density at radius 3 is 2.60 bits per heavy atom. The Morgan fingerprint density at radius 2 is 2.00 bits per heavy atom. The highest BCUT2D eigenvalue weighted by Gasteiger charge is 2.47. The van der Waals surface area contributed by atoms with E-state index >= 15 is 0 Å². The molecule has 3 rings (SSSR count). The summed E-state index contributed by atoms with van der Waals surface area (Å²) < 4.78 is 5.44. The zero-order chi connectivity index (χ0) is 18.1. The number of aliphatic imine (C=N–C) groups is 1. The summed E-state index contributed by atoms with van der Waals surface area (Å²) in [6, 6.07) is 9.11. The van der Waals surface area contributed by atoms with Gasteiger partial charge in [-0.05, 0) is 32.8 Å². The minimum Gasteiger partial charge on any atom is -0.459 e. The monoisotopic (exact) mass is 358 g/mol. The van der Waals surface area contributed by atoms with Gasteiger partial charge in [0.1, 0.15) is 0 Å². The van der Waals surface area contributed by atoms with Crippen molar-refractivity contribution in [3.05, 3.63) is 47.2 Å². The predicted octanol–water partition coefficient (Wildman–Crippen LogP) is 3.68. The molecule has 0 aliphatic carbocycles. The molecule has 1 saturated heterocycles. The fourth-order valence-electron chi connectivity index (χ4n) is 3.08. The molecule has 0 bridgehead atoms. The van der Waals surface area contributed by atoms with Gasteiger partial charge in [-0.15, -0.1) is 0 Å². The maximum atomic E-state index is 12.9. The number of amides is 1. The third-order valence-corrected chi connectivity index (χ3v) is 5.52. The second-order valence-electron chi connectivity index (χ2n) is 6.38. The van der Waals surface area contributed by atoms with Crippen LogP contribution in [0.1, 0.15) is 45.7 Å². The van der Waals surface area contributed by atoms with E-state index in [0.29, 0.717) is 16.4 Å². The van der Waals surface area contributed by atoms with Gasteiger partial charge in [0.05, 0.1) is 28.7 Å². The second kappa shape index (κ2) is 7.04. The molecule has 2 atom stereocenters. The topological polar surface area (TPSA) is 59.0 Å². The smallest absolute Gasteiger partial charge is 0.338 e. The van der Waals surface area contributed by atoms with Crippen LogP contribution in [0.2, 0.25) is 0 Å². The zero-order valence-electron chi connectivity index (χ0n) is 14.9. The number of benzene rings is 1. The van der Waals surface area contributed by atoms with Gasteiger partial charge < -0.3 is 4.74 Å². The highest BCUT2D eigenvalue weighted by atomic mass is 32.2. The lowest BCUT2D eigenvalue weighted by atomic mass is 9.94. The van der Waals surface area contributed by atoms with Crippen LogP contribution < -0.4 is 0 Å². The van der Waals surface area contributed by atoms with Crippen LogP contribution in [-0.4, -0.2) is 33.3 Å². The van der Waals surface area contributed by atoms with Crippen molar-refractivity contribution in [1.29, 1.82) is 0 Å². The number of carbonyl (C=O) groups is 2. The molecule has 25 heavy (non-hydrogen) atoms. The molecule has 2 unspecified atom stereocenters. The van der Waals surface area contributed by atoms with Crippen LogP contribution in [-0.2, 0) is 14.3 Å². The van der Waals surface area contributed by atoms with E-state index < -0.39 is 12.0 Å². The molecule has 6 heteroatoms. The molecule has 5 nitrogen and oxygen atoms in total. The average Bonchev–Trinajstić information content (AvgIpc) is 2.89. The standard InChI is InChI=1S/C19H22N2O3S/c1-5-14-17(22)21-16(13-9-7-6-8-10-13)15(18(23)24-11(2)3)12(4)20-19(21)25-14/h6-11,14,16H,5H2,1-4H3. The molecule has 0 N–H and O–H groups in total. The Hall–Kier alpha value is -2.08. The van der Waals surface area contributed by atoms with Crippen molar-refractivity contribution in [2.45, 2.75) is 51.5 Å². The summed E-state index contributed by atoms with van der Waals surface area (Å²) in [5, 5.41) is 0.516. The molecule has 1 aromatic carbocycles. The van der Waals surface area contributed by atoms with E-state index in [2.05, 4.69) is 4.99 Å². The van der Waals surface area contributed by atoms with Crippen LogP contribution in [0.4, 0.5) is 0 Å². The molecule has 0 saturated carbocycles. The van der Waals surface area contributed by atoms with E-state index in [1.165, 1.54) is 11.8 Å². The summed E-state index contributed by atoms with van der Waals surface area (Å²) in [4.78, 5) is 31.9. The van der Waals surface area contributed by atoms with Gasteiger partial charge in [0.2, 0.25) is 5.91 Å². The van der Waals surface area contributed by atoms with Crippen molar-refractivity contribution >= 4 is 28.8 Å². The number of fused-ring (bicyclic) bond motifs is 1. The maximum absolute atomic E-state index is 12.9. The Labute approximate surface area is 152 Å². The number of rotatable bonds is 4. The van der Waals surface area contributed by atoms with E-state index in [0.717, 1.165) is 12.0 Å². The zero-order valence-corrected chi connectivity index (χ0v) is 15.7. The number of esters is 1. The van der Waals surface area contributed by atoms with E-state index in [1.54, 1.807) is 4.90 Å². The van der Waals surface area contributed by atoms with Crippen LogP contribution >= 0.6 is 11.8 Å². The molecule has 1 fully saturated rings. The third-order valence-electron chi connectivity index (χ3n) is 4.20. The van der Waals surface area contributed by atoms with E-state index in [1.807, 2.05) is 58.0 Å². The third kappa shape index (κ3) is 3.23. The van der Waals surface area contributed by atoms with Gasteiger partial charge in [-0.25, -0.2) is 9.79 Å². The minimum absolute atomic E-state index is 0.00227. The lowest BCUT2D eigenvalue weighted by Gasteiger charge is -2.33.